The Balaban J connectivity index is 1.75. The molecule has 0 unspecified atom stereocenters. The molecule has 0 bridgehead atoms. The van der Waals surface area contributed by atoms with Crippen LogP contribution >= 0.6 is 23.2 Å². The van der Waals surface area contributed by atoms with Gasteiger partial charge in [-0.1, -0.05) is 45.0 Å². The molecular formula is C18H15Cl2N3O6S. The third kappa shape index (κ3) is 4.63. The van der Waals surface area contributed by atoms with Crippen LogP contribution in [0.15, 0.2) is 51.9 Å². The monoisotopic (exact) mass is 471 g/mol. The zero-order chi connectivity index (χ0) is 21.9. The molecule has 30 heavy (non-hydrogen) atoms. The number of esters is 1. The number of benzene rings is 2. The van der Waals surface area contributed by atoms with E-state index in [-0.39, 0.29) is 33.8 Å². The summed E-state index contributed by atoms with van der Waals surface area (Å²) in [6.45, 7) is -0.296. The average molecular weight is 472 g/mol. The third-order valence-corrected chi connectivity index (χ3v) is 6.44. The van der Waals surface area contributed by atoms with Crippen molar-refractivity contribution in [2.24, 2.45) is 0 Å². The first kappa shape index (κ1) is 22.2. The molecular weight excluding hydrogens is 457 g/mol. The lowest BCUT2D eigenvalue weighted by Gasteiger charge is -2.15. The first-order valence-electron chi connectivity index (χ1n) is 8.31. The lowest BCUT2D eigenvalue weighted by molar-refractivity contribution is -0.0258. The summed E-state index contributed by atoms with van der Waals surface area (Å²) in [7, 11) is -1.67. The minimum atomic E-state index is -4.06. The van der Waals surface area contributed by atoms with Crippen molar-refractivity contribution in [1.29, 1.82) is 0 Å². The standard InChI is InChI=1S/C18H15Cl2N3O6S/c1-23(27-2)30(25,26)15-9-11(7-8-14(15)20)18(24)28-10-16-21-17(29-22-16)12-5-3-4-6-13(12)19/h3-9H,10H2,1-2H3. The van der Waals surface area contributed by atoms with Crippen LogP contribution in [-0.4, -0.2) is 43.2 Å². The van der Waals surface area contributed by atoms with Crippen molar-refractivity contribution < 1.29 is 27.3 Å². The second-order valence-electron chi connectivity index (χ2n) is 5.81. The lowest BCUT2D eigenvalue weighted by atomic mass is 10.2. The van der Waals surface area contributed by atoms with Crippen molar-refractivity contribution in [1.82, 2.24) is 14.6 Å². The van der Waals surface area contributed by atoms with E-state index in [1.54, 1.807) is 24.3 Å². The molecule has 1 aromatic heterocycles. The van der Waals surface area contributed by atoms with Gasteiger partial charge in [0.1, 0.15) is 4.90 Å². The van der Waals surface area contributed by atoms with Crippen LogP contribution in [0.4, 0.5) is 0 Å². The van der Waals surface area contributed by atoms with Gasteiger partial charge in [0.15, 0.2) is 6.61 Å². The quantitative estimate of drug-likeness (QED) is 0.379. The maximum Gasteiger partial charge on any atom is 0.338 e. The summed E-state index contributed by atoms with van der Waals surface area (Å²) in [5.74, 6) is -0.513. The van der Waals surface area contributed by atoms with Crippen LogP contribution in [0.5, 0.6) is 0 Å². The summed E-state index contributed by atoms with van der Waals surface area (Å²) in [5, 5.41) is 4.10. The number of sulfonamides is 1. The van der Waals surface area contributed by atoms with Gasteiger partial charge in [0.05, 0.1) is 28.3 Å². The Morgan fingerprint density at radius 3 is 2.60 bits per heavy atom. The summed E-state index contributed by atoms with van der Waals surface area (Å²) in [6, 6.07) is 10.6. The normalized spacial score (nSPS) is 11.6. The molecule has 0 aliphatic carbocycles. The molecule has 0 N–H and O–H groups in total. The summed E-state index contributed by atoms with van der Waals surface area (Å²) in [5.41, 5.74) is 0.511. The molecule has 0 saturated carbocycles. The largest absolute Gasteiger partial charge is 0.454 e. The molecule has 0 radical (unpaired) electrons. The number of hydrogen-bond acceptors (Lipinski definition) is 8. The van der Waals surface area contributed by atoms with E-state index >= 15 is 0 Å². The first-order valence-corrected chi connectivity index (χ1v) is 10.5. The number of aromatic nitrogens is 2. The number of rotatable bonds is 7. The van der Waals surface area contributed by atoms with Crippen LogP contribution in [-0.2, 0) is 26.2 Å². The number of hydroxylamine groups is 1. The van der Waals surface area contributed by atoms with Gasteiger partial charge >= 0.3 is 5.97 Å². The van der Waals surface area contributed by atoms with Crippen LogP contribution in [0.25, 0.3) is 11.5 Å². The predicted molar refractivity (Wildman–Crippen MR) is 107 cm³/mol. The van der Waals surface area contributed by atoms with Gasteiger partial charge in [-0.05, 0) is 30.3 Å². The summed E-state index contributed by atoms with van der Waals surface area (Å²) >= 11 is 12.1. The molecule has 0 saturated heterocycles. The Labute approximate surface area is 182 Å². The Kier molecular flexibility index (Phi) is 6.74. The number of carbonyl (C=O) groups is 1. The molecule has 12 heteroatoms. The van der Waals surface area contributed by atoms with Crippen LogP contribution in [0.3, 0.4) is 0 Å². The third-order valence-electron chi connectivity index (χ3n) is 3.95. The second-order valence-corrected chi connectivity index (χ2v) is 8.53. The van der Waals surface area contributed by atoms with E-state index < -0.39 is 16.0 Å². The van der Waals surface area contributed by atoms with Crippen LogP contribution in [0, 0.1) is 0 Å². The van der Waals surface area contributed by atoms with Crippen molar-refractivity contribution in [2.75, 3.05) is 14.2 Å². The Morgan fingerprint density at radius 2 is 1.90 bits per heavy atom. The van der Waals surface area contributed by atoms with Crippen molar-refractivity contribution in [2.45, 2.75) is 11.5 Å². The summed E-state index contributed by atoms with van der Waals surface area (Å²) < 4.78 is 35.8. The van der Waals surface area contributed by atoms with E-state index in [2.05, 4.69) is 10.1 Å². The molecule has 0 aliphatic heterocycles. The molecule has 0 aliphatic rings. The fraction of sp³-hybridized carbons (Fsp3) is 0.167. The number of ether oxygens (including phenoxy) is 1. The Bertz CT molecular complexity index is 1180. The van der Waals surface area contributed by atoms with Crippen molar-refractivity contribution in [3.05, 3.63) is 63.9 Å². The van der Waals surface area contributed by atoms with Crippen molar-refractivity contribution in [3.8, 4) is 11.5 Å². The fourth-order valence-electron chi connectivity index (χ4n) is 2.33. The molecule has 9 nitrogen and oxygen atoms in total. The smallest absolute Gasteiger partial charge is 0.338 e. The second kappa shape index (κ2) is 9.11. The number of halogens is 2. The van der Waals surface area contributed by atoms with Gasteiger partial charge < -0.3 is 9.26 Å². The van der Waals surface area contributed by atoms with E-state index in [0.29, 0.717) is 15.1 Å². The predicted octanol–water partition coefficient (Wildman–Crippen LogP) is 3.58. The van der Waals surface area contributed by atoms with E-state index in [9.17, 15) is 13.2 Å². The van der Waals surface area contributed by atoms with Crippen molar-refractivity contribution in [3.63, 3.8) is 0 Å². The number of hydrogen-bond donors (Lipinski definition) is 0. The Morgan fingerprint density at radius 1 is 1.17 bits per heavy atom. The minimum Gasteiger partial charge on any atom is -0.454 e. The van der Waals surface area contributed by atoms with Gasteiger partial charge in [0.2, 0.25) is 5.82 Å². The zero-order valence-corrected chi connectivity index (χ0v) is 18.0. The van der Waals surface area contributed by atoms with Gasteiger partial charge in [0.25, 0.3) is 15.9 Å². The van der Waals surface area contributed by atoms with Gasteiger partial charge in [-0.3, -0.25) is 4.84 Å². The molecule has 3 rings (SSSR count). The van der Waals surface area contributed by atoms with Gasteiger partial charge in [-0.15, -0.1) is 0 Å². The highest BCUT2D eigenvalue weighted by molar-refractivity contribution is 7.89. The lowest BCUT2D eigenvalue weighted by Crippen LogP contribution is -2.26. The molecule has 1 heterocycles. The highest BCUT2D eigenvalue weighted by Gasteiger charge is 2.25. The molecule has 3 aromatic rings. The molecule has 0 atom stereocenters. The molecule has 0 amide bonds. The molecule has 0 spiro atoms. The maximum absolute atomic E-state index is 12.4. The van der Waals surface area contributed by atoms with E-state index in [0.717, 1.165) is 6.07 Å². The Hall–Kier alpha value is -2.50. The molecule has 158 valence electrons. The van der Waals surface area contributed by atoms with Gasteiger partial charge in [-0.25, -0.2) is 13.2 Å². The summed E-state index contributed by atoms with van der Waals surface area (Å²) in [6.07, 6.45) is 0. The number of nitrogens with zero attached hydrogens (tertiary/aromatic N) is 3. The fourth-order valence-corrected chi connectivity index (χ4v) is 4.02. The summed E-state index contributed by atoms with van der Waals surface area (Å²) in [4.78, 5) is 20.9. The maximum atomic E-state index is 12.4. The van der Waals surface area contributed by atoms with E-state index in [4.69, 9.17) is 37.3 Å². The average Bonchev–Trinajstić information content (AvgIpc) is 3.20. The van der Waals surface area contributed by atoms with Gasteiger partial charge in [-0.2, -0.15) is 4.98 Å². The topological polar surface area (TPSA) is 112 Å². The SMILES string of the molecule is CON(C)S(=O)(=O)c1cc(C(=O)OCc2noc(-c3ccccc3Cl)n2)ccc1Cl. The van der Waals surface area contributed by atoms with Crippen LogP contribution < -0.4 is 0 Å². The van der Waals surface area contributed by atoms with E-state index in [1.165, 1.54) is 26.3 Å². The highest BCUT2D eigenvalue weighted by atomic mass is 35.5. The van der Waals surface area contributed by atoms with Gasteiger partial charge in [0, 0.05) is 7.05 Å². The van der Waals surface area contributed by atoms with E-state index in [1.807, 2.05) is 0 Å². The van der Waals surface area contributed by atoms with Crippen molar-refractivity contribution >= 4 is 39.2 Å². The highest BCUT2D eigenvalue weighted by Crippen LogP contribution is 2.27. The zero-order valence-electron chi connectivity index (χ0n) is 15.7. The number of carbonyl (C=O) groups excluding carboxylic acids is 1. The first-order chi connectivity index (χ1) is 14.2. The van der Waals surface area contributed by atoms with Crippen LogP contribution in [0.1, 0.15) is 16.2 Å². The minimum absolute atomic E-state index is 0.0303. The van der Waals surface area contributed by atoms with Crippen LogP contribution in [0.2, 0.25) is 10.0 Å². The molecule has 2 aromatic carbocycles. The molecule has 0 fully saturated rings.